The van der Waals surface area contributed by atoms with Gasteiger partial charge in [-0.05, 0) is 80.9 Å². The highest BCUT2D eigenvalue weighted by Gasteiger charge is 2.27. The van der Waals surface area contributed by atoms with Crippen molar-refractivity contribution in [3.63, 3.8) is 0 Å². The summed E-state index contributed by atoms with van der Waals surface area (Å²) in [5.74, 6) is 2.14. The van der Waals surface area contributed by atoms with Crippen LogP contribution in [0.2, 0.25) is 0 Å². The second-order valence-corrected chi connectivity index (χ2v) is 12.7. The maximum absolute atomic E-state index is 10.1. The molecule has 6 nitrogen and oxygen atoms in total. The third-order valence-corrected chi connectivity index (χ3v) is 9.44. The summed E-state index contributed by atoms with van der Waals surface area (Å²) in [6.07, 6.45) is 9.62. The molecule has 200 valence electrons. The summed E-state index contributed by atoms with van der Waals surface area (Å²) in [7, 11) is 1.74. The first-order chi connectivity index (χ1) is 18.5. The number of aromatic nitrogens is 4. The molecule has 7 heteroatoms. The van der Waals surface area contributed by atoms with Gasteiger partial charge in [0.05, 0.1) is 28.5 Å². The number of methoxy groups -OCH3 is 1. The number of aliphatic hydroxyl groups is 1. The molecule has 1 unspecified atom stereocenters. The normalized spacial score (nSPS) is 22.5. The van der Waals surface area contributed by atoms with E-state index >= 15 is 0 Å². The van der Waals surface area contributed by atoms with E-state index in [1.54, 1.807) is 7.11 Å². The second kappa shape index (κ2) is 10.9. The molecule has 0 radical (unpaired) electrons. The zero-order valence-corrected chi connectivity index (χ0v) is 23.5. The molecule has 1 N–H and O–H groups in total. The van der Waals surface area contributed by atoms with Crippen molar-refractivity contribution in [2.24, 2.45) is 5.92 Å². The lowest BCUT2D eigenvalue weighted by atomic mass is 9.84. The minimum absolute atomic E-state index is 0.174. The Kier molecular flexibility index (Phi) is 7.34. The van der Waals surface area contributed by atoms with E-state index in [2.05, 4.69) is 48.7 Å². The molecule has 0 spiro atoms. The van der Waals surface area contributed by atoms with Crippen LogP contribution in [0.25, 0.3) is 16.6 Å². The first kappa shape index (κ1) is 25.7. The van der Waals surface area contributed by atoms with Gasteiger partial charge < -0.3 is 9.84 Å². The predicted molar refractivity (Wildman–Crippen MR) is 152 cm³/mol. The number of rotatable bonds is 7. The van der Waals surface area contributed by atoms with E-state index in [1.165, 1.54) is 38.0 Å². The minimum atomic E-state index is -0.174. The molecule has 0 aliphatic heterocycles. The van der Waals surface area contributed by atoms with Gasteiger partial charge >= 0.3 is 0 Å². The van der Waals surface area contributed by atoms with Crippen LogP contribution in [0.3, 0.4) is 0 Å². The number of aliphatic hydroxyl groups excluding tert-OH is 1. The fraction of sp³-hybridized carbons (Fsp3) is 0.516. The molecule has 0 bridgehead atoms. The van der Waals surface area contributed by atoms with Crippen LogP contribution >= 0.6 is 11.3 Å². The van der Waals surface area contributed by atoms with E-state index in [-0.39, 0.29) is 6.10 Å². The van der Waals surface area contributed by atoms with Gasteiger partial charge in [0, 0.05) is 42.2 Å². The zero-order valence-electron chi connectivity index (χ0n) is 22.7. The first-order valence-corrected chi connectivity index (χ1v) is 14.9. The third kappa shape index (κ3) is 5.16. The standard InChI is InChI=1S/C31H38N4O2S/c1-19(18-37-3)13-31-32-17-29-26(16-28(35(29)34-31)21-7-10-25(36)11-8-21)24-6-4-5-22(14-24)23-9-12-27-30(15-23)38-20(2)33-27/h4-6,14,16-17,19,21,23,25,36H,7-13,15,18H2,1-3H3/t19-,21-,23?,25-/m1/s1. The SMILES string of the molecule is COC[C@H](C)Cc1ncc2c(-c3cccc(C4CCc5nc(C)sc5C4)c3)cc([C@H]3CC[C@H](O)CC3)n2n1. The molecule has 1 saturated carbocycles. The van der Waals surface area contributed by atoms with Gasteiger partial charge in [-0.1, -0.05) is 31.2 Å². The Morgan fingerprint density at radius 2 is 1.97 bits per heavy atom. The number of nitrogens with zero attached hydrogens (tertiary/aromatic N) is 4. The Hall–Kier alpha value is -2.61. The molecular weight excluding hydrogens is 492 g/mol. The van der Waals surface area contributed by atoms with Gasteiger partial charge in [0.2, 0.25) is 0 Å². The van der Waals surface area contributed by atoms with E-state index in [9.17, 15) is 5.11 Å². The van der Waals surface area contributed by atoms with Gasteiger partial charge in [0.25, 0.3) is 0 Å². The fourth-order valence-electron chi connectivity index (χ4n) is 6.44. The number of hydrogen-bond acceptors (Lipinski definition) is 6. The Morgan fingerprint density at radius 3 is 2.79 bits per heavy atom. The van der Waals surface area contributed by atoms with Crippen LogP contribution in [0.15, 0.2) is 36.5 Å². The van der Waals surface area contributed by atoms with Crippen LogP contribution in [0.4, 0.5) is 0 Å². The van der Waals surface area contributed by atoms with Gasteiger partial charge in [-0.15, -0.1) is 11.3 Å². The highest BCUT2D eigenvalue weighted by molar-refractivity contribution is 7.11. The molecular formula is C31H38N4O2S. The van der Waals surface area contributed by atoms with Crippen molar-refractivity contribution in [2.45, 2.75) is 83.2 Å². The number of fused-ring (bicyclic) bond motifs is 2. The Labute approximate surface area is 229 Å². The van der Waals surface area contributed by atoms with Gasteiger partial charge in [0.15, 0.2) is 0 Å². The van der Waals surface area contributed by atoms with E-state index < -0.39 is 0 Å². The molecule has 1 aromatic carbocycles. The highest BCUT2D eigenvalue weighted by Crippen LogP contribution is 2.40. The lowest BCUT2D eigenvalue weighted by molar-refractivity contribution is 0.121. The summed E-state index contributed by atoms with van der Waals surface area (Å²) in [5.41, 5.74) is 7.47. The maximum atomic E-state index is 10.1. The molecule has 3 heterocycles. The largest absolute Gasteiger partial charge is 0.393 e. The van der Waals surface area contributed by atoms with E-state index in [0.717, 1.165) is 62.7 Å². The number of ether oxygens (including phenoxy) is 1. The third-order valence-electron chi connectivity index (χ3n) is 8.41. The van der Waals surface area contributed by atoms with Crippen LogP contribution in [-0.4, -0.2) is 44.5 Å². The minimum Gasteiger partial charge on any atom is -0.393 e. The van der Waals surface area contributed by atoms with E-state index in [0.29, 0.717) is 24.4 Å². The van der Waals surface area contributed by atoms with Crippen molar-refractivity contribution in [2.75, 3.05) is 13.7 Å². The number of benzene rings is 1. The number of aryl methyl sites for hydroxylation is 2. The maximum Gasteiger partial charge on any atom is 0.149 e. The second-order valence-electron chi connectivity index (χ2n) is 11.4. The summed E-state index contributed by atoms with van der Waals surface area (Å²) in [5, 5.41) is 16.4. The average molecular weight is 531 g/mol. The van der Waals surface area contributed by atoms with Crippen LogP contribution in [0, 0.1) is 12.8 Å². The molecule has 3 aromatic heterocycles. The summed E-state index contributed by atoms with van der Waals surface area (Å²) >= 11 is 1.86. The average Bonchev–Trinajstić information content (AvgIpc) is 3.48. The van der Waals surface area contributed by atoms with Crippen molar-refractivity contribution < 1.29 is 9.84 Å². The van der Waals surface area contributed by atoms with E-state index in [1.807, 2.05) is 17.5 Å². The lowest BCUT2D eigenvalue weighted by Crippen LogP contribution is -2.19. The lowest BCUT2D eigenvalue weighted by Gasteiger charge is -2.25. The van der Waals surface area contributed by atoms with Gasteiger partial charge in [-0.2, -0.15) is 5.10 Å². The molecule has 1 fully saturated rings. The molecule has 2 atom stereocenters. The zero-order chi connectivity index (χ0) is 26.2. The van der Waals surface area contributed by atoms with Crippen LogP contribution in [-0.2, 0) is 24.0 Å². The van der Waals surface area contributed by atoms with Crippen molar-refractivity contribution in [1.82, 2.24) is 19.6 Å². The Balaban J connectivity index is 1.36. The summed E-state index contributed by atoms with van der Waals surface area (Å²) < 4.78 is 7.50. The molecule has 38 heavy (non-hydrogen) atoms. The molecule has 0 saturated heterocycles. The molecule has 6 rings (SSSR count). The van der Waals surface area contributed by atoms with E-state index in [4.69, 9.17) is 19.8 Å². The Bertz CT molecular complexity index is 1420. The molecule has 0 amide bonds. The predicted octanol–water partition coefficient (Wildman–Crippen LogP) is 6.28. The summed E-state index contributed by atoms with van der Waals surface area (Å²) in [4.78, 5) is 11.0. The first-order valence-electron chi connectivity index (χ1n) is 14.1. The van der Waals surface area contributed by atoms with Gasteiger partial charge in [0.1, 0.15) is 5.82 Å². The van der Waals surface area contributed by atoms with Crippen LogP contribution in [0.1, 0.15) is 83.5 Å². The van der Waals surface area contributed by atoms with Gasteiger partial charge in [-0.25, -0.2) is 14.5 Å². The van der Waals surface area contributed by atoms with Crippen molar-refractivity contribution in [3.8, 4) is 11.1 Å². The van der Waals surface area contributed by atoms with Crippen molar-refractivity contribution >= 4 is 16.9 Å². The van der Waals surface area contributed by atoms with Crippen molar-refractivity contribution in [1.29, 1.82) is 0 Å². The molecule has 2 aliphatic rings. The number of hydrogen-bond donors (Lipinski definition) is 1. The molecule has 4 aromatic rings. The Morgan fingerprint density at radius 1 is 1.13 bits per heavy atom. The van der Waals surface area contributed by atoms with Crippen LogP contribution < -0.4 is 0 Å². The fourth-order valence-corrected chi connectivity index (χ4v) is 7.50. The monoisotopic (exact) mass is 530 g/mol. The van der Waals surface area contributed by atoms with Crippen molar-refractivity contribution in [3.05, 3.63) is 69.2 Å². The quantitative estimate of drug-likeness (QED) is 0.305. The topological polar surface area (TPSA) is 72.5 Å². The smallest absolute Gasteiger partial charge is 0.149 e. The molecule has 2 aliphatic carbocycles. The summed E-state index contributed by atoms with van der Waals surface area (Å²) in [6.45, 7) is 4.99. The summed E-state index contributed by atoms with van der Waals surface area (Å²) in [6, 6.07) is 11.5. The highest BCUT2D eigenvalue weighted by atomic mass is 32.1. The van der Waals surface area contributed by atoms with Crippen LogP contribution in [0.5, 0.6) is 0 Å². The van der Waals surface area contributed by atoms with Gasteiger partial charge in [-0.3, -0.25) is 0 Å². The number of thiazole rings is 1.